The van der Waals surface area contributed by atoms with Crippen LogP contribution in [0.2, 0.25) is 0 Å². The molecule has 0 fully saturated rings. The molecule has 0 unspecified atom stereocenters. The van der Waals surface area contributed by atoms with Gasteiger partial charge in [0.15, 0.2) is 0 Å². The number of pyridine rings is 1. The molecule has 1 heterocycles. The summed E-state index contributed by atoms with van der Waals surface area (Å²) in [5, 5.41) is 3.39. The van der Waals surface area contributed by atoms with E-state index in [9.17, 15) is 9.18 Å². The van der Waals surface area contributed by atoms with Crippen molar-refractivity contribution < 1.29 is 9.18 Å². The molecule has 0 radical (unpaired) electrons. The number of rotatable bonds is 4. The summed E-state index contributed by atoms with van der Waals surface area (Å²) in [5.74, 6) is -0.381. The van der Waals surface area contributed by atoms with Crippen molar-refractivity contribution in [2.24, 2.45) is 0 Å². The number of nitrogen functional groups attached to an aromatic ring is 1. The molecule has 0 spiro atoms. The van der Waals surface area contributed by atoms with Gasteiger partial charge in [0.25, 0.3) is 0 Å². The van der Waals surface area contributed by atoms with Gasteiger partial charge in [0.2, 0.25) is 5.91 Å². The quantitative estimate of drug-likeness (QED) is 0.850. The molecule has 104 valence electrons. The fourth-order valence-electron chi connectivity index (χ4n) is 1.53. The number of aryl methyl sites for hydroxylation is 1. The largest absolute Gasteiger partial charge is 0.397 e. The monoisotopic (exact) mass is 291 g/mol. The first-order valence-corrected chi connectivity index (χ1v) is 6.93. The van der Waals surface area contributed by atoms with Crippen molar-refractivity contribution in [1.82, 2.24) is 4.98 Å². The van der Waals surface area contributed by atoms with Crippen LogP contribution in [0.5, 0.6) is 0 Å². The number of carbonyl (C=O) groups is 1. The van der Waals surface area contributed by atoms with Gasteiger partial charge in [-0.2, -0.15) is 0 Å². The third kappa shape index (κ3) is 3.96. The maximum atomic E-state index is 13.1. The fourth-order valence-corrected chi connectivity index (χ4v) is 2.17. The minimum Gasteiger partial charge on any atom is -0.397 e. The van der Waals surface area contributed by atoms with Crippen LogP contribution < -0.4 is 11.1 Å². The van der Waals surface area contributed by atoms with Gasteiger partial charge in [-0.3, -0.25) is 4.79 Å². The zero-order valence-electron chi connectivity index (χ0n) is 10.9. The highest BCUT2D eigenvalue weighted by Gasteiger charge is 2.07. The molecule has 2 aromatic rings. The summed E-state index contributed by atoms with van der Waals surface area (Å²) < 4.78 is 13.1. The van der Waals surface area contributed by atoms with Crippen LogP contribution in [0.15, 0.2) is 41.6 Å². The van der Waals surface area contributed by atoms with Crippen LogP contribution in [-0.2, 0) is 4.79 Å². The van der Waals surface area contributed by atoms with Crippen molar-refractivity contribution in [3.63, 3.8) is 0 Å². The second-order valence-electron chi connectivity index (χ2n) is 4.23. The number of aromatic nitrogens is 1. The topological polar surface area (TPSA) is 68.0 Å². The van der Waals surface area contributed by atoms with Gasteiger partial charge in [0.1, 0.15) is 5.82 Å². The standard InChI is InChI=1S/C14H14FN3OS/c1-9-2-3-10(15)6-12(9)18-13(19)8-20-14-5-4-11(16)7-17-14/h2-7H,8,16H2,1H3,(H,18,19). The molecule has 1 aromatic heterocycles. The highest BCUT2D eigenvalue weighted by molar-refractivity contribution is 7.99. The van der Waals surface area contributed by atoms with Gasteiger partial charge in [-0.25, -0.2) is 9.37 Å². The minimum atomic E-state index is -0.376. The third-order valence-corrected chi connectivity index (χ3v) is 3.53. The van der Waals surface area contributed by atoms with Crippen LogP contribution in [0.3, 0.4) is 0 Å². The van der Waals surface area contributed by atoms with Crippen LogP contribution in [0.4, 0.5) is 15.8 Å². The lowest BCUT2D eigenvalue weighted by Crippen LogP contribution is -2.15. The van der Waals surface area contributed by atoms with Gasteiger partial charge in [0.05, 0.1) is 22.7 Å². The highest BCUT2D eigenvalue weighted by Crippen LogP contribution is 2.19. The SMILES string of the molecule is Cc1ccc(F)cc1NC(=O)CSc1ccc(N)cn1. The molecule has 1 amide bonds. The van der Waals surface area contributed by atoms with E-state index in [0.29, 0.717) is 16.4 Å². The van der Waals surface area contributed by atoms with Crippen molar-refractivity contribution >= 4 is 29.0 Å². The Balaban J connectivity index is 1.92. The Morgan fingerprint density at radius 1 is 1.40 bits per heavy atom. The van der Waals surface area contributed by atoms with Gasteiger partial charge in [0, 0.05) is 5.69 Å². The number of benzene rings is 1. The van der Waals surface area contributed by atoms with E-state index in [-0.39, 0.29) is 17.5 Å². The number of nitrogens with zero attached hydrogens (tertiary/aromatic N) is 1. The predicted octanol–water partition coefficient (Wildman–Crippen LogP) is 2.84. The maximum absolute atomic E-state index is 13.1. The summed E-state index contributed by atoms with van der Waals surface area (Å²) in [6, 6.07) is 7.77. The lowest BCUT2D eigenvalue weighted by atomic mass is 10.2. The molecule has 4 nitrogen and oxygen atoms in total. The molecule has 20 heavy (non-hydrogen) atoms. The van der Waals surface area contributed by atoms with Gasteiger partial charge < -0.3 is 11.1 Å². The predicted molar refractivity (Wildman–Crippen MR) is 79.1 cm³/mol. The number of thioether (sulfide) groups is 1. The normalized spacial score (nSPS) is 10.3. The zero-order chi connectivity index (χ0) is 14.5. The van der Waals surface area contributed by atoms with E-state index >= 15 is 0 Å². The summed E-state index contributed by atoms with van der Waals surface area (Å²) >= 11 is 1.29. The van der Waals surface area contributed by atoms with E-state index in [1.165, 1.54) is 30.1 Å². The van der Waals surface area contributed by atoms with Crippen molar-refractivity contribution in [1.29, 1.82) is 0 Å². The van der Waals surface area contributed by atoms with Crippen molar-refractivity contribution in [2.45, 2.75) is 11.9 Å². The molecule has 0 atom stereocenters. The van der Waals surface area contributed by atoms with Gasteiger partial charge >= 0.3 is 0 Å². The fraction of sp³-hybridized carbons (Fsp3) is 0.143. The van der Waals surface area contributed by atoms with Crippen LogP contribution in [0, 0.1) is 12.7 Å². The van der Waals surface area contributed by atoms with E-state index < -0.39 is 0 Å². The number of nitrogens with two attached hydrogens (primary N) is 1. The zero-order valence-corrected chi connectivity index (χ0v) is 11.7. The lowest BCUT2D eigenvalue weighted by molar-refractivity contribution is -0.113. The molecule has 0 saturated carbocycles. The van der Waals surface area contributed by atoms with Crippen LogP contribution in [0.25, 0.3) is 0 Å². The molecule has 0 bridgehead atoms. The minimum absolute atomic E-state index is 0.201. The number of nitrogens with one attached hydrogen (secondary N) is 1. The van der Waals surface area contributed by atoms with Gasteiger partial charge in [-0.15, -0.1) is 0 Å². The van der Waals surface area contributed by atoms with E-state index in [4.69, 9.17) is 5.73 Å². The van der Waals surface area contributed by atoms with Gasteiger partial charge in [-0.1, -0.05) is 17.8 Å². The van der Waals surface area contributed by atoms with Crippen LogP contribution in [0.1, 0.15) is 5.56 Å². The van der Waals surface area contributed by atoms with Crippen molar-refractivity contribution in [3.05, 3.63) is 47.9 Å². The molecule has 0 aliphatic rings. The molecule has 0 saturated heterocycles. The van der Waals surface area contributed by atoms with Crippen molar-refractivity contribution in [3.8, 4) is 0 Å². The summed E-state index contributed by atoms with van der Waals surface area (Å²) in [6.45, 7) is 1.81. The first-order chi connectivity index (χ1) is 9.54. The molecule has 0 aliphatic heterocycles. The second kappa shape index (κ2) is 6.38. The van der Waals surface area contributed by atoms with E-state index in [2.05, 4.69) is 10.3 Å². The smallest absolute Gasteiger partial charge is 0.234 e. The Hall–Kier alpha value is -2.08. The molecule has 2 rings (SSSR count). The van der Waals surface area contributed by atoms with E-state index in [0.717, 1.165) is 5.56 Å². The summed E-state index contributed by atoms with van der Waals surface area (Å²) in [4.78, 5) is 15.9. The van der Waals surface area contributed by atoms with E-state index in [1.54, 1.807) is 18.2 Å². The first kappa shape index (κ1) is 14.3. The number of hydrogen-bond donors (Lipinski definition) is 2. The summed E-state index contributed by atoms with van der Waals surface area (Å²) in [5.41, 5.74) is 7.41. The van der Waals surface area contributed by atoms with Gasteiger partial charge in [-0.05, 0) is 36.8 Å². The number of amides is 1. The Kier molecular flexibility index (Phi) is 4.57. The van der Waals surface area contributed by atoms with Crippen LogP contribution >= 0.6 is 11.8 Å². The number of carbonyl (C=O) groups excluding carboxylic acids is 1. The molecular formula is C14H14FN3OS. The molecule has 3 N–H and O–H groups in total. The number of hydrogen-bond acceptors (Lipinski definition) is 4. The Morgan fingerprint density at radius 3 is 2.90 bits per heavy atom. The average Bonchev–Trinajstić information content (AvgIpc) is 2.42. The van der Waals surface area contributed by atoms with E-state index in [1.807, 2.05) is 6.92 Å². The van der Waals surface area contributed by atoms with Crippen molar-refractivity contribution in [2.75, 3.05) is 16.8 Å². The number of halogens is 1. The third-order valence-electron chi connectivity index (χ3n) is 2.58. The number of anilines is 2. The highest BCUT2D eigenvalue weighted by atomic mass is 32.2. The summed E-state index contributed by atoms with van der Waals surface area (Å²) in [6.07, 6.45) is 1.54. The lowest BCUT2D eigenvalue weighted by Gasteiger charge is -2.08. The molecule has 1 aromatic carbocycles. The average molecular weight is 291 g/mol. The summed E-state index contributed by atoms with van der Waals surface area (Å²) in [7, 11) is 0. The Labute approximate surface area is 120 Å². The first-order valence-electron chi connectivity index (χ1n) is 5.95. The molecule has 0 aliphatic carbocycles. The Bertz CT molecular complexity index is 616. The second-order valence-corrected chi connectivity index (χ2v) is 5.22. The van der Waals surface area contributed by atoms with Crippen LogP contribution in [-0.4, -0.2) is 16.6 Å². The Morgan fingerprint density at radius 2 is 2.20 bits per heavy atom. The maximum Gasteiger partial charge on any atom is 0.234 e. The molecular weight excluding hydrogens is 277 g/mol. The molecule has 6 heteroatoms.